The molecule has 0 spiro atoms. The molecule has 2 aliphatic carbocycles. The molecule has 2 heterocycles. The third-order valence-electron chi connectivity index (χ3n) is 5.27. The van der Waals surface area contributed by atoms with Gasteiger partial charge in [-0.2, -0.15) is 5.10 Å². The number of carbonyl (C=O) groups is 1. The molecule has 0 aliphatic heterocycles. The molecule has 0 aromatic carbocycles. The smallest absolute Gasteiger partial charge is 0.228 e. The lowest BCUT2D eigenvalue weighted by Crippen LogP contribution is -2.44. The van der Waals surface area contributed by atoms with Gasteiger partial charge in [0.15, 0.2) is 0 Å². The van der Waals surface area contributed by atoms with E-state index in [2.05, 4.69) is 15.4 Å². The first kappa shape index (κ1) is 15.3. The summed E-state index contributed by atoms with van der Waals surface area (Å²) in [6, 6.07) is 7.51. The molecule has 1 atom stereocenters. The second-order valence-corrected chi connectivity index (χ2v) is 7.08. The predicted octanol–water partition coefficient (Wildman–Crippen LogP) is 1.69. The Morgan fingerprint density at radius 1 is 1.33 bits per heavy atom. The van der Waals surface area contributed by atoms with Crippen LogP contribution in [0.15, 0.2) is 42.9 Å². The van der Waals surface area contributed by atoms with Crippen LogP contribution in [0.5, 0.6) is 0 Å². The fourth-order valence-corrected chi connectivity index (χ4v) is 3.50. The third kappa shape index (κ3) is 2.94. The van der Waals surface area contributed by atoms with Crippen molar-refractivity contribution in [3.8, 4) is 0 Å². The van der Waals surface area contributed by atoms with Crippen molar-refractivity contribution in [1.82, 2.24) is 20.1 Å². The van der Waals surface area contributed by atoms with Crippen LogP contribution in [0.2, 0.25) is 0 Å². The first-order chi connectivity index (χ1) is 11.7. The van der Waals surface area contributed by atoms with Crippen LogP contribution in [0, 0.1) is 11.3 Å². The molecule has 0 saturated heterocycles. The maximum Gasteiger partial charge on any atom is 0.228 e. The Labute approximate surface area is 140 Å². The number of hydrogen-bond donors (Lipinski definition) is 2. The molecule has 6 nitrogen and oxygen atoms in total. The standard InChI is InChI=1S/C18H22N4O2/c23-14-10-13(11-14)16(15-4-1-2-7-19-15)21-17(24)18(5-6-18)12-22-9-3-8-20-22/h1-4,7-9,13-14,16,23H,5-6,10-12H2,(H,21,24). The quantitative estimate of drug-likeness (QED) is 0.846. The zero-order valence-electron chi connectivity index (χ0n) is 13.5. The number of hydrogen-bond acceptors (Lipinski definition) is 4. The second-order valence-electron chi connectivity index (χ2n) is 7.08. The highest BCUT2D eigenvalue weighted by Crippen LogP contribution is 2.48. The Morgan fingerprint density at radius 2 is 2.17 bits per heavy atom. The minimum absolute atomic E-state index is 0.0787. The first-order valence-electron chi connectivity index (χ1n) is 8.54. The zero-order valence-corrected chi connectivity index (χ0v) is 13.5. The summed E-state index contributed by atoms with van der Waals surface area (Å²) in [4.78, 5) is 17.3. The van der Waals surface area contributed by atoms with Gasteiger partial charge in [0.05, 0.1) is 29.8 Å². The lowest BCUT2D eigenvalue weighted by atomic mass is 9.76. The van der Waals surface area contributed by atoms with Crippen LogP contribution >= 0.6 is 0 Å². The fraction of sp³-hybridized carbons (Fsp3) is 0.500. The Kier molecular flexibility index (Phi) is 3.84. The van der Waals surface area contributed by atoms with E-state index in [0.29, 0.717) is 19.4 Å². The van der Waals surface area contributed by atoms with Crippen LogP contribution < -0.4 is 5.32 Å². The Hall–Kier alpha value is -2.21. The van der Waals surface area contributed by atoms with E-state index in [1.165, 1.54) is 0 Å². The summed E-state index contributed by atoms with van der Waals surface area (Å²) in [6.45, 7) is 0.619. The van der Waals surface area contributed by atoms with E-state index >= 15 is 0 Å². The highest BCUT2D eigenvalue weighted by Gasteiger charge is 2.51. The summed E-state index contributed by atoms with van der Waals surface area (Å²) in [7, 11) is 0. The van der Waals surface area contributed by atoms with Gasteiger partial charge in [0, 0.05) is 18.6 Å². The van der Waals surface area contributed by atoms with Crippen molar-refractivity contribution in [3.63, 3.8) is 0 Å². The number of nitrogens with one attached hydrogen (secondary N) is 1. The number of carbonyl (C=O) groups excluding carboxylic acids is 1. The van der Waals surface area contributed by atoms with E-state index in [9.17, 15) is 9.90 Å². The van der Waals surface area contributed by atoms with Gasteiger partial charge in [-0.3, -0.25) is 14.5 Å². The van der Waals surface area contributed by atoms with Crippen molar-refractivity contribution >= 4 is 5.91 Å². The number of pyridine rings is 1. The van der Waals surface area contributed by atoms with E-state index in [1.54, 1.807) is 12.4 Å². The van der Waals surface area contributed by atoms with E-state index in [0.717, 1.165) is 18.5 Å². The van der Waals surface area contributed by atoms with Crippen LogP contribution in [0.3, 0.4) is 0 Å². The summed E-state index contributed by atoms with van der Waals surface area (Å²) in [6.07, 6.45) is 8.34. The Bertz CT molecular complexity index is 691. The highest BCUT2D eigenvalue weighted by atomic mass is 16.3. The van der Waals surface area contributed by atoms with Gasteiger partial charge in [0.1, 0.15) is 0 Å². The molecule has 0 radical (unpaired) electrons. The van der Waals surface area contributed by atoms with Gasteiger partial charge < -0.3 is 10.4 Å². The summed E-state index contributed by atoms with van der Waals surface area (Å²) in [5.74, 6) is 0.328. The number of amides is 1. The second kappa shape index (κ2) is 6.02. The number of aliphatic hydroxyl groups excluding tert-OH is 1. The molecule has 1 unspecified atom stereocenters. The van der Waals surface area contributed by atoms with E-state index < -0.39 is 0 Å². The lowest BCUT2D eigenvalue weighted by Gasteiger charge is -2.38. The van der Waals surface area contributed by atoms with Gasteiger partial charge in [0.2, 0.25) is 5.91 Å². The van der Waals surface area contributed by atoms with Crippen LogP contribution in [0.4, 0.5) is 0 Å². The SMILES string of the molecule is O=C(NC(c1ccccn1)C1CC(O)C1)C1(Cn2cccn2)CC1. The molecule has 6 heteroatoms. The average Bonchev–Trinajstić information content (AvgIpc) is 3.17. The number of nitrogens with zero attached hydrogens (tertiary/aromatic N) is 3. The molecule has 2 N–H and O–H groups in total. The van der Waals surface area contributed by atoms with Crippen molar-refractivity contribution in [1.29, 1.82) is 0 Å². The number of rotatable bonds is 6. The monoisotopic (exact) mass is 326 g/mol. The molecule has 4 rings (SSSR count). The van der Waals surface area contributed by atoms with Crippen LogP contribution in [0.25, 0.3) is 0 Å². The summed E-state index contributed by atoms with van der Waals surface area (Å²) >= 11 is 0. The summed E-state index contributed by atoms with van der Waals surface area (Å²) in [5, 5.41) is 17.1. The fourth-order valence-electron chi connectivity index (χ4n) is 3.50. The van der Waals surface area contributed by atoms with E-state index in [4.69, 9.17) is 0 Å². The Balaban J connectivity index is 1.49. The molecule has 2 fully saturated rings. The zero-order chi connectivity index (χ0) is 16.6. The van der Waals surface area contributed by atoms with Crippen molar-refractivity contribution in [3.05, 3.63) is 48.5 Å². The van der Waals surface area contributed by atoms with Gasteiger partial charge in [-0.15, -0.1) is 0 Å². The molecule has 126 valence electrons. The number of aliphatic hydroxyl groups is 1. The maximum atomic E-state index is 12.9. The van der Waals surface area contributed by atoms with Gasteiger partial charge >= 0.3 is 0 Å². The molecule has 2 aromatic rings. The van der Waals surface area contributed by atoms with Gasteiger partial charge in [-0.1, -0.05) is 6.07 Å². The topological polar surface area (TPSA) is 80.0 Å². The van der Waals surface area contributed by atoms with Gasteiger partial charge in [-0.25, -0.2) is 0 Å². The molecular formula is C18H22N4O2. The largest absolute Gasteiger partial charge is 0.393 e. The van der Waals surface area contributed by atoms with Crippen molar-refractivity contribution in [2.45, 2.75) is 44.4 Å². The van der Waals surface area contributed by atoms with Gasteiger partial charge in [0.25, 0.3) is 0 Å². The molecular weight excluding hydrogens is 304 g/mol. The van der Waals surface area contributed by atoms with E-state index in [-0.39, 0.29) is 29.4 Å². The molecule has 1 amide bonds. The highest BCUT2D eigenvalue weighted by molar-refractivity contribution is 5.85. The van der Waals surface area contributed by atoms with Crippen molar-refractivity contribution in [2.24, 2.45) is 11.3 Å². The maximum absolute atomic E-state index is 12.9. The van der Waals surface area contributed by atoms with Crippen molar-refractivity contribution in [2.75, 3.05) is 0 Å². The van der Waals surface area contributed by atoms with Crippen molar-refractivity contribution < 1.29 is 9.90 Å². The molecule has 2 aromatic heterocycles. The molecule has 0 bridgehead atoms. The third-order valence-corrected chi connectivity index (χ3v) is 5.27. The van der Waals surface area contributed by atoms with Gasteiger partial charge in [-0.05, 0) is 49.8 Å². The first-order valence-corrected chi connectivity index (χ1v) is 8.54. The minimum atomic E-state index is -0.346. The average molecular weight is 326 g/mol. The van der Waals surface area contributed by atoms with Crippen LogP contribution in [-0.4, -0.2) is 31.9 Å². The number of aromatic nitrogens is 3. The van der Waals surface area contributed by atoms with Crippen LogP contribution in [-0.2, 0) is 11.3 Å². The lowest BCUT2D eigenvalue weighted by molar-refractivity contribution is -0.129. The molecule has 24 heavy (non-hydrogen) atoms. The Morgan fingerprint density at radius 3 is 2.75 bits per heavy atom. The summed E-state index contributed by atoms with van der Waals surface area (Å²) < 4.78 is 1.83. The predicted molar refractivity (Wildman–Crippen MR) is 87.7 cm³/mol. The van der Waals surface area contributed by atoms with Crippen LogP contribution in [0.1, 0.15) is 37.4 Å². The minimum Gasteiger partial charge on any atom is -0.393 e. The summed E-state index contributed by atoms with van der Waals surface area (Å²) in [5.41, 5.74) is 0.527. The molecule has 2 aliphatic rings. The normalized spacial score (nSPS) is 25.5. The molecule has 2 saturated carbocycles. The van der Waals surface area contributed by atoms with E-state index in [1.807, 2.05) is 35.1 Å².